The Labute approximate surface area is 81.9 Å². The number of allylic oxidation sites excluding steroid dienone is 1. The van der Waals surface area contributed by atoms with Crippen LogP contribution in [0.25, 0.3) is 0 Å². The molecule has 7 heteroatoms. The van der Waals surface area contributed by atoms with E-state index in [2.05, 4.69) is 4.52 Å². The van der Waals surface area contributed by atoms with E-state index in [0.29, 0.717) is 5.57 Å². The van der Waals surface area contributed by atoms with Crippen molar-refractivity contribution in [1.82, 2.24) is 0 Å². The van der Waals surface area contributed by atoms with Gasteiger partial charge in [-0.25, -0.2) is 0 Å². The lowest BCUT2D eigenvalue weighted by Gasteiger charge is -2.09. The monoisotopic (exact) mass is 223 g/mol. The number of hydrogen-bond donors (Lipinski definition) is 3. The van der Waals surface area contributed by atoms with E-state index in [1.807, 2.05) is 0 Å². The Kier molecular flexibility index (Phi) is 5.01. The quantitative estimate of drug-likeness (QED) is 0.453. The summed E-state index contributed by atoms with van der Waals surface area (Å²) in [5.74, 6) is -1.19. The smallest absolute Gasteiger partial charge is 0.331 e. The summed E-state index contributed by atoms with van der Waals surface area (Å²) in [5, 5.41) is 8.45. The highest BCUT2D eigenvalue weighted by Gasteiger charge is 2.18. The summed E-state index contributed by atoms with van der Waals surface area (Å²) in [6.07, 6.45) is 0.995. The van der Waals surface area contributed by atoms with Gasteiger partial charge in [-0.15, -0.1) is 0 Å². The van der Waals surface area contributed by atoms with Gasteiger partial charge in [-0.1, -0.05) is 11.6 Å². The Hall–Kier alpha value is -0.680. The number of hydrogen-bond acceptors (Lipinski definition) is 4. The fraction of sp³-hybridized carbons (Fsp3) is 0.571. The van der Waals surface area contributed by atoms with Crippen molar-refractivity contribution in [2.75, 3.05) is 13.3 Å². The summed E-state index contributed by atoms with van der Waals surface area (Å²) in [5.41, 5.74) is 5.60. The van der Waals surface area contributed by atoms with E-state index in [1.54, 1.807) is 0 Å². The molecule has 6 nitrogen and oxygen atoms in total. The molecule has 0 radical (unpaired) electrons. The molecular formula is C7H14NO5P. The van der Waals surface area contributed by atoms with E-state index in [4.69, 9.17) is 15.7 Å². The molecule has 0 amide bonds. The SMILES string of the molecule is COP(=O)(O)CC(C)=CC(N)C(=O)O. The molecule has 0 aliphatic heterocycles. The zero-order chi connectivity index (χ0) is 11.4. The van der Waals surface area contributed by atoms with Crippen LogP contribution in [0.2, 0.25) is 0 Å². The van der Waals surface area contributed by atoms with Gasteiger partial charge in [0, 0.05) is 7.11 Å². The van der Waals surface area contributed by atoms with Gasteiger partial charge in [0.05, 0.1) is 6.16 Å². The number of carboxylic acid groups (broad SMARTS) is 1. The Morgan fingerprint density at radius 2 is 2.21 bits per heavy atom. The van der Waals surface area contributed by atoms with Crippen LogP contribution in [0, 0.1) is 0 Å². The standard InChI is InChI=1S/C7H14NO5P/c1-5(3-6(8)7(9)10)4-14(11,12)13-2/h3,6H,4,8H2,1-2H3,(H,9,10)(H,11,12). The molecular weight excluding hydrogens is 209 g/mol. The highest BCUT2D eigenvalue weighted by Crippen LogP contribution is 2.42. The van der Waals surface area contributed by atoms with E-state index < -0.39 is 19.6 Å². The van der Waals surface area contributed by atoms with Crippen LogP contribution in [0.3, 0.4) is 0 Å². The predicted octanol–water partition coefficient (Wildman–Crippen LogP) is 0.176. The minimum atomic E-state index is -3.63. The number of nitrogens with two attached hydrogens (primary N) is 1. The van der Waals surface area contributed by atoms with E-state index in [0.717, 1.165) is 7.11 Å². The first kappa shape index (κ1) is 13.3. The van der Waals surface area contributed by atoms with Crippen molar-refractivity contribution in [3.63, 3.8) is 0 Å². The summed E-state index contributed by atoms with van der Waals surface area (Å²) in [7, 11) is -2.52. The maximum absolute atomic E-state index is 11.0. The lowest BCUT2D eigenvalue weighted by molar-refractivity contribution is -0.137. The van der Waals surface area contributed by atoms with Gasteiger partial charge in [-0.05, 0) is 6.92 Å². The van der Waals surface area contributed by atoms with E-state index in [9.17, 15) is 9.36 Å². The number of carboxylic acids is 1. The molecule has 4 N–H and O–H groups in total. The van der Waals surface area contributed by atoms with Crippen LogP contribution >= 0.6 is 7.60 Å². The Morgan fingerprint density at radius 1 is 1.71 bits per heavy atom. The highest BCUT2D eigenvalue weighted by atomic mass is 31.2. The fourth-order valence-electron chi connectivity index (χ4n) is 0.810. The molecule has 2 atom stereocenters. The van der Waals surface area contributed by atoms with Crippen molar-refractivity contribution in [2.24, 2.45) is 5.73 Å². The maximum Gasteiger partial charge on any atom is 0.331 e. The van der Waals surface area contributed by atoms with Crippen LogP contribution in [0.5, 0.6) is 0 Å². The highest BCUT2D eigenvalue weighted by molar-refractivity contribution is 7.53. The van der Waals surface area contributed by atoms with E-state index >= 15 is 0 Å². The molecule has 0 fully saturated rings. The van der Waals surface area contributed by atoms with Crippen molar-refractivity contribution in [2.45, 2.75) is 13.0 Å². The fourth-order valence-corrected chi connectivity index (χ4v) is 1.68. The largest absolute Gasteiger partial charge is 0.480 e. The first-order chi connectivity index (χ1) is 6.28. The van der Waals surface area contributed by atoms with Crippen molar-refractivity contribution < 1.29 is 23.9 Å². The molecule has 0 spiro atoms. The Morgan fingerprint density at radius 3 is 2.57 bits per heavy atom. The van der Waals surface area contributed by atoms with Crippen LogP contribution < -0.4 is 5.73 Å². The Balaban J connectivity index is 4.41. The minimum Gasteiger partial charge on any atom is -0.480 e. The van der Waals surface area contributed by atoms with Crippen LogP contribution in [0.15, 0.2) is 11.6 Å². The summed E-state index contributed by atoms with van der Waals surface area (Å²) < 4.78 is 15.4. The van der Waals surface area contributed by atoms with Gasteiger partial charge in [-0.2, -0.15) is 0 Å². The summed E-state index contributed by atoms with van der Waals surface area (Å²) >= 11 is 0. The average molecular weight is 223 g/mol. The molecule has 14 heavy (non-hydrogen) atoms. The molecule has 0 saturated carbocycles. The van der Waals surface area contributed by atoms with Crippen LogP contribution in [0.4, 0.5) is 0 Å². The topological polar surface area (TPSA) is 110 Å². The second-order valence-electron chi connectivity index (χ2n) is 2.86. The normalized spacial score (nSPS) is 18.7. The van der Waals surface area contributed by atoms with Crippen LogP contribution in [0.1, 0.15) is 6.92 Å². The van der Waals surface area contributed by atoms with Gasteiger partial charge in [0.1, 0.15) is 6.04 Å². The molecule has 0 bridgehead atoms. The minimum absolute atomic E-state index is 0.218. The molecule has 0 aromatic heterocycles. The lowest BCUT2D eigenvalue weighted by Crippen LogP contribution is -2.28. The van der Waals surface area contributed by atoms with Crippen molar-refractivity contribution in [3.05, 3.63) is 11.6 Å². The van der Waals surface area contributed by atoms with Gasteiger partial charge in [-0.3, -0.25) is 9.36 Å². The van der Waals surface area contributed by atoms with Gasteiger partial charge in [0.25, 0.3) is 0 Å². The molecule has 2 unspecified atom stereocenters. The van der Waals surface area contributed by atoms with Crippen LogP contribution in [-0.4, -0.2) is 35.3 Å². The number of rotatable bonds is 5. The van der Waals surface area contributed by atoms with Gasteiger partial charge in [0.15, 0.2) is 0 Å². The van der Waals surface area contributed by atoms with E-state index in [-0.39, 0.29) is 6.16 Å². The van der Waals surface area contributed by atoms with Gasteiger partial charge >= 0.3 is 13.6 Å². The molecule has 0 aliphatic carbocycles. The first-order valence-electron chi connectivity index (χ1n) is 3.81. The Bertz CT molecular complexity index is 288. The lowest BCUT2D eigenvalue weighted by atomic mass is 10.2. The van der Waals surface area contributed by atoms with Crippen LogP contribution in [-0.2, 0) is 13.9 Å². The number of aliphatic carboxylic acids is 1. The molecule has 0 saturated heterocycles. The van der Waals surface area contributed by atoms with Crippen molar-refractivity contribution >= 4 is 13.6 Å². The molecule has 0 aromatic rings. The summed E-state index contributed by atoms with van der Waals surface area (Å²) in [4.78, 5) is 19.4. The van der Waals surface area contributed by atoms with E-state index in [1.165, 1.54) is 13.0 Å². The third-order valence-electron chi connectivity index (χ3n) is 1.48. The molecule has 0 aromatic carbocycles. The third kappa shape index (κ3) is 5.14. The molecule has 0 heterocycles. The second-order valence-corrected chi connectivity index (χ2v) is 4.81. The molecule has 82 valence electrons. The zero-order valence-electron chi connectivity index (χ0n) is 8.01. The summed E-state index contributed by atoms with van der Waals surface area (Å²) in [6.45, 7) is 1.52. The molecule has 0 rings (SSSR count). The average Bonchev–Trinajstić information content (AvgIpc) is 2.02. The third-order valence-corrected chi connectivity index (χ3v) is 2.95. The van der Waals surface area contributed by atoms with Crippen molar-refractivity contribution in [3.8, 4) is 0 Å². The zero-order valence-corrected chi connectivity index (χ0v) is 8.90. The molecule has 0 aliphatic rings. The second kappa shape index (κ2) is 5.26. The number of carbonyl (C=O) groups is 1. The summed E-state index contributed by atoms with van der Waals surface area (Å²) in [6, 6.07) is -1.16. The van der Waals surface area contributed by atoms with Gasteiger partial charge in [0.2, 0.25) is 0 Å². The maximum atomic E-state index is 11.0. The van der Waals surface area contributed by atoms with Gasteiger partial charge < -0.3 is 20.3 Å². The predicted molar refractivity (Wildman–Crippen MR) is 51.1 cm³/mol. The van der Waals surface area contributed by atoms with Crippen molar-refractivity contribution in [1.29, 1.82) is 0 Å². The first-order valence-corrected chi connectivity index (χ1v) is 5.58.